The largest absolute Gasteiger partial charge is 0.399 e. The second kappa shape index (κ2) is 5.56. The number of nitrogen functional groups attached to an aromatic ring is 1. The first-order chi connectivity index (χ1) is 9.40. The van der Waals surface area contributed by atoms with Gasteiger partial charge in [-0.3, -0.25) is 0 Å². The van der Waals surface area contributed by atoms with Crippen LogP contribution in [0.25, 0.3) is 0 Å². The molecule has 0 unspecified atom stereocenters. The third kappa shape index (κ3) is 3.12. The van der Waals surface area contributed by atoms with Gasteiger partial charge in [0, 0.05) is 12.2 Å². The number of nitrogens with one attached hydrogen (secondary N) is 1. The Bertz CT molecular complexity index is 695. The van der Waals surface area contributed by atoms with Crippen molar-refractivity contribution >= 4 is 15.7 Å². The molecule has 0 atom stereocenters. The molecular formula is C13H12F2N2O2S. The van der Waals surface area contributed by atoms with Crippen molar-refractivity contribution in [2.75, 3.05) is 5.73 Å². The van der Waals surface area contributed by atoms with Crippen LogP contribution in [0.15, 0.2) is 47.4 Å². The van der Waals surface area contributed by atoms with E-state index in [4.69, 9.17) is 5.73 Å². The van der Waals surface area contributed by atoms with Gasteiger partial charge in [-0.25, -0.2) is 21.9 Å². The maximum atomic E-state index is 13.4. The van der Waals surface area contributed by atoms with Crippen molar-refractivity contribution < 1.29 is 17.2 Å². The van der Waals surface area contributed by atoms with Crippen molar-refractivity contribution in [3.05, 3.63) is 59.7 Å². The van der Waals surface area contributed by atoms with Gasteiger partial charge in [0.15, 0.2) is 4.90 Å². The normalized spacial score (nSPS) is 11.5. The average molecular weight is 298 g/mol. The minimum atomic E-state index is -4.26. The van der Waals surface area contributed by atoms with Crippen LogP contribution < -0.4 is 10.5 Å². The molecule has 2 aromatic rings. The van der Waals surface area contributed by atoms with Crippen molar-refractivity contribution in [3.8, 4) is 0 Å². The zero-order valence-electron chi connectivity index (χ0n) is 10.3. The number of benzene rings is 2. The van der Waals surface area contributed by atoms with E-state index in [2.05, 4.69) is 4.72 Å². The molecule has 0 amide bonds. The molecule has 0 spiro atoms. The third-order valence-electron chi connectivity index (χ3n) is 2.63. The van der Waals surface area contributed by atoms with Gasteiger partial charge < -0.3 is 5.73 Å². The van der Waals surface area contributed by atoms with Crippen molar-refractivity contribution in [2.24, 2.45) is 0 Å². The van der Waals surface area contributed by atoms with Gasteiger partial charge in [-0.1, -0.05) is 18.2 Å². The van der Waals surface area contributed by atoms with Gasteiger partial charge in [-0.05, 0) is 29.8 Å². The zero-order chi connectivity index (χ0) is 14.8. The third-order valence-corrected chi connectivity index (χ3v) is 4.09. The highest BCUT2D eigenvalue weighted by Crippen LogP contribution is 2.18. The Morgan fingerprint density at radius 2 is 1.55 bits per heavy atom. The van der Waals surface area contributed by atoms with Crippen LogP contribution in [0.1, 0.15) is 5.56 Å². The van der Waals surface area contributed by atoms with Crippen LogP contribution in [0.2, 0.25) is 0 Å². The van der Waals surface area contributed by atoms with E-state index >= 15 is 0 Å². The lowest BCUT2D eigenvalue weighted by Gasteiger charge is -2.08. The van der Waals surface area contributed by atoms with E-state index in [-0.39, 0.29) is 6.54 Å². The van der Waals surface area contributed by atoms with Gasteiger partial charge in [0.2, 0.25) is 10.0 Å². The molecular weight excluding hydrogens is 286 g/mol. The number of sulfonamides is 1. The number of rotatable bonds is 4. The zero-order valence-corrected chi connectivity index (χ0v) is 11.1. The maximum Gasteiger partial charge on any atom is 0.246 e. The van der Waals surface area contributed by atoms with Gasteiger partial charge in [0.1, 0.15) is 11.6 Å². The van der Waals surface area contributed by atoms with Gasteiger partial charge in [-0.2, -0.15) is 0 Å². The molecule has 0 aliphatic rings. The quantitative estimate of drug-likeness (QED) is 0.848. The topological polar surface area (TPSA) is 72.2 Å². The molecule has 0 aromatic heterocycles. The fourth-order valence-corrected chi connectivity index (χ4v) is 2.78. The van der Waals surface area contributed by atoms with E-state index in [0.717, 1.165) is 18.2 Å². The van der Waals surface area contributed by atoms with Crippen molar-refractivity contribution in [1.82, 2.24) is 4.72 Å². The number of hydrogen-bond donors (Lipinski definition) is 2. The minimum Gasteiger partial charge on any atom is -0.399 e. The summed E-state index contributed by atoms with van der Waals surface area (Å²) in [6.07, 6.45) is 0. The lowest BCUT2D eigenvalue weighted by atomic mass is 10.2. The maximum absolute atomic E-state index is 13.4. The number of halogens is 2. The summed E-state index contributed by atoms with van der Waals surface area (Å²) < 4.78 is 52.8. The molecule has 7 heteroatoms. The Morgan fingerprint density at radius 1 is 1.00 bits per heavy atom. The molecule has 0 aliphatic carbocycles. The average Bonchev–Trinajstić information content (AvgIpc) is 2.37. The summed E-state index contributed by atoms with van der Waals surface area (Å²) in [6, 6.07) is 9.33. The van der Waals surface area contributed by atoms with Crippen molar-refractivity contribution in [2.45, 2.75) is 11.4 Å². The molecule has 2 aromatic carbocycles. The summed E-state index contributed by atoms with van der Waals surface area (Å²) >= 11 is 0. The predicted octanol–water partition coefficient (Wildman–Crippen LogP) is 2.03. The second-order valence-corrected chi connectivity index (χ2v) is 5.82. The van der Waals surface area contributed by atoms with Gasteiger partial charge >= 0.3 is 0 Å². The summed E-state index contributed by atoms with van der Waals surface area (Å²) in [4.78, 5) is -0.976. The fraction of sp³-hybridized carbons (Fsp3) is 0.0769. The van der Waals surface area contributed by atoms with E-state index in [1.54, 1.807) is 24.3 Å². The number of anilines is 1. The summed E-state index contributed by atoms with van der Waals surface area (Å²) in [5, 5.41) is 0. The van der Waals surface area contributed by atoms with Crippen molar-refractivity contribution in [3.63, 3.8) is 0 Å². The van der Waals surface area contributed by atoms with E-state index in [1.165, 1.54) is 0 Å². The van der Waals surface area contributed by atoms with E-state index < -0.39 is 26.6 Å². The molecule has 3 N–H and O–H groups in total. The summed E-state index contributed by atoms with van der Waals surface area (Å²) in [5.41, 5.74) is 6.66. The molecule has 0 bridgehead atoms. The Balaban J connectivity index is 2.22. The SMILES string of the molecule is Nc1ccc(CNS(=O)(=O)c2c(F)cccc2F)cc1. The lowest BCUT2D eigenvalue weighted by Crippen LogP contribution is -2.25. The smallest absolute Gasteiger partial charge is 0.246 e. The summed E-state index contributed by atoms with van der Waals surface area (Å²) in [5.74, 6) is -2.26. The molecule has 20 heavy (non-hydrogen) atoms. The monoisotopic (exact) mass is 298 g/mol. The molecule has 106 valence electrons. The Hall–Kier alpha value is -1.99. The van der Waals surface area contributed by atoms with Gasteiger partial charge in [-0.15, -0.1) is 0 Å². The molecule has 0 radical (unpaired) electrons. The van der Waals surface area contributed by atoms with Crippen LogP contribution in [0.4, 0.5) is 14.5 Å². The first-order valence-electron chi connectivity index (χ1n) is 5.68. The lowest BCUT2D eigenvalue weighted by molar-refractivity contribution is 0.514. The molecule has 2 rings (SSSR count). The van der Waals surface area contributed by atoms with Crippen LogP contribution in [0.5, 0.6) is 0 Å². The standard InChI is InChI=1S/C13H12F2N2O2S/c14-11-2-1-3-12(15)13(11)20(18,19)17-8-9-4-6-10(16)7-5-9/h1-7,17H,8,16H2. The van der Waals surface area contributed by atoms with Gasteiger partial charge in [0.05, 0.1) is 0 Å². The van der Waals surface area contributed by atoms with Gasteiger partial charge in [0.25, 0.3) is 0 Å². The van der Waals surface area contributed by atoms with Crippen LogP contribution in [-0.4, -0.2) is 8.42 Å². The molecule has 4 nitrogen and oxygen atoms in total. The van der Waals surface area contributed by atoms with Crippen LogP contribution in [-0.2, 0) is 16.6 Å². The highest BCUT2D eigenvalue weighted by molar-refractivity contribution is 7.89. The first kappa shape index (κ1) is 14.4. The second-order valence-electron chi connectivity index (χ2n) is 4.12. The van der Waals surface area contributed by atoms with E-state index in [9.17, 15) is 17.2 Å². The van der Waals surface area contributed by atoms with E-state index in [0.29, 0.717) is 11.3 Å². The summed E-state index contributed by atoms with van der Waals surface area (Å²) in [7, 11) is -4.26. The Morgan fingerprint density at radius 3 is 2.10 bits per heavy atom. The number of nitrogens with two attached hydrogens (primary N) is 1. The molecule has 0 saturated heterocycles. The highest BCUT2D eigenvalue weighted by atomic mass is 32.2. The predicted molar refractivity (Wildman–Crippen MR) is 71.2 cm³/mol. The fourth-order valence-electron chi connectivity index (χ4n) is 1.63. The summed E-state index contributed by atoms with van der Waals surface area (Å²) in [6.45, 7) is -0.0869. The van der Waals surface area contributed by atoms with E-state index in [1.807, 2.05) is 0 Å². The highest BCUT2D eigenvalue weighted by Gasteiger charge is 2.23. The Labute approximate surface area is 115 Å². The molecule has 0 fully saturated rings. The number of hydrogen-bond acceptors (Lipinski definition) is 3. The Kier molecular flexibility index (Phi) is 4.01. The molecule has 0 aliphatic heterocycles. The minimum absolute atomic E-state index is 0.0869. The van der Waals surface area contributed by atoms with Crippen LogP contribution in [0, 0.1) is 11.6 Å². The molecule has 0 heterocycles. The van der Waals surface area contributed by atoms with Crippen LogP contribution >= 0.6 is 0 Å². The van der Waals surface area contributed by atoms with Crippen molar-refractivity contribution in [1.29, 1.82) is 0 Å². The first-order valence-corrected chi connectivity index (χ1v) is 7.16. The van der Waals surface area contributed by atoms with Crippen LogP contribution in [0.3, 0.4) is 0 Å². The molecule has 0 saturated carbocycles.